The summed E-state index contributed by atoms with van der Waals surface area (Å²) in [6, 6.07) is 19.9. The summed E-state index contributed by atoms with van der Waals surface area (Å²) in [5, 5.41) is 8.11. The Labute approximate surface area is 167 Å². The van der Waals surface area contributed by atoms with E-state index in [-0.39, 0.29) is 11.7 Å². The zero-order chi connectivity index (χ0) is 19.6. The third-order valence-electron chi connectivity index (χ3n) is 5.31. The van der Waals surface area contributed by atoms with Crippen LogP contribution in [0.5, 0.6) is 0 Å². The summed E-state index contributed by atoms with van der Waals surface area (Å²) in [5.74, 6) is 0.747. The molecule has 3 heterocycles. The van der Waals surface area contributed by atoms with Crippen molar-refractivity contribution in [2.45, 2.75) is 12.5 Å². The monoisotopic (exact) mass is 387 g/mol. The van der Waals surface area contributed by atoms with Crippen LogP contribution in [0, 0.1) is 5.92 Å². The van der Waals surface area contributed by atoms with Crippen LogP contribution in [0.2, 0.25) is 0 Å². The molecule has 0 aliphatic carbocycles. The molecule has 0 bridgehead atoms. The second kappa shape index (κ2) is 7.52. The zero-order valence-corrected chi connectivity index (χ0v) is 15.8. The number of hydrogen-bond donors (Lipinski definition) is 2. The van der Waals surface area contributed by atoms with E-state index in [1.807, 2.05) is 48.5 Å². The lowest BCUT2D eigenvalue weighted by Crippen LogP contribution is -2.21. The maximum atomic E-state index is 12.5. The lowest BCUT2D eigenvalue weighted by atomic mass is 9.95. The summed E-state index contributed by atoms with van der Waals surface area (Å²) in [4.78, 5) is 20.0. The van der Waals surface area contributed by atoms with E-state index in [4.69, 9.17) is 4.74 Å². The van der Waals surface area contributed by atoms with E-state index in [9.17, 15) is 4.79 Å². The lowest BCUT2D eigenvalue weighted by Gasteiger charge is -2.19. The van der Waals surface area contributed by atoms with Gasteiger partial charge in [-0.2, -0.15) is 10.1 Å². The van der Waals surface area contributed by atoms with Crippen molar-refractivity contribution in [1.29, 1.82) is 0 Å². The van der Waals surface area contributed by atoms with Crippen LogP contribution in [-0.2, 0) is 4.74 Å². The molecule has 1 saturated heterocycles. The van der Waals surface area contributed by atoms with Crippen molar-refractivity contribution in [3.05, 3.63) is 82.8 Å². The molecular weight excluding hydrogens is 366 g/mol. The second-order valence-corrected chi connectivity index (χ2v) is 7.18. The summed E-state index contributed by atoms with van der Waals surface area (Å²) in [7, 11) is 0. The molecule has 0 spiro atoms. The average Bonchev–Trinajstić information content (AvgIpc) is 3.41. The molecule has 1 aliphatic rings. The van der Waals surface area contributed by atoms with E-state index < -0.39 is 0 Å². The van der Waals surface area contributed by atoms with Crippen molar-refractivity contribution in [2.75, 3.05) is 18.5 Å². The van der Waals surface area contributed by atoms with E-state index >= 15 is 0 Å². The molecule has 2 aromatic carbocycles. The molecule has 29 heavy (non-hydrogen) atoms. The third-order valence-corrected chi connectivity index (χ3v) is 5.31. The van der Waals surface area contributed by atoms with E-state index in [2.05, 4.69) is 32.5 Å². The van der Waals surface area contributed by atoms with Gasteiger partial charge < -0.3 is 10.1 Å². The Bertz CT molecular complexity index is 1170. The highest BCUT2D eigenvalue weighted by Gasteiger charge is 2.29. The number of aromatic nitrogens is 4. The topological polar surface area (TPSA) is 84.8 Å². The Morgan fingerprint density at radius 1 is 1.10 bits per heavy atom. The number of aromatic amines is 1. The van der Waals surface area contributed by atoms with Gasteiger partial charge in [0, 0.05) is 19.1 Å². The fraction of sp³-hybridized carbons (Fsp3) is 0.227. The number of ether oxygens (including phenoxy) is 1. The van der Waals surface area contributed by atoms with Crippen LogP contribution in [-0.4, -0.2) is 32.9 Å². The number of anilines is 1. The van der Waals surface area contributed by atoms with Gasteiger partial charge in [0.1, 0.15) is 5.39 Å². The van der Waals surface area contributed by atoms with Gasteiger partial charge in [0.15, 0.2) is 5.65 Å². The summed E-state index contributed by atoms with van der Waals surface area (Å²) in [5.41, 5.74) is 2.36. The Hall–Kier alpha value is -3.45. The van der Waals surface area contributed by atoms with Gasteiger partial charge in [-0.25, -0.2) is 4.68 Å². The highest BCUT2D eigenvalue weighted by atomic mass is 16.5. The highest BCUT2D eigenvalue weighted by molar-refractivity contribution is 5.76. The minimum Gasteiger partial charge on any atom is -0.373 e. The van der Waals surface area contributed by atoms with Crippen molar-refractivity contribution in [1.82, 2.24) is 19.7 Å². The smallest absolute Gasteiger partial charge is 0.263 e. The minimum atomic E-state index is -0.207. The summed E-state index contributed by atoms with van der Waals surface area (Å²) in [6.07, 6.45) is 2.56. The molecule has 2 aromatic heterocycles. The molecule has 0 amide bonds. The van der Waals surface area contributed by atoms with Crippen LogP contribution in [0.1, 0.15) is 18.1 Å². The van der Waals surface area contributed by atoms with Gasteiger partial charge in [0.2, 0.25) is 5.95 Å². The molecule has 7 nitrogen and oxygen atoms in total. The van der Waals surface area contributed by atoms with E-state index in [1.54, 1.807) is 10.9 Å². The molecule has 2 atom stereocenters. The SMILES string of the molecule is O=c1[nH]c(NCC2CCOC2c2ccccc2)nc2c1cnn2-c1ccccc1. The fourth-order valence-corrected chi connectivity index (χ4v) is 3.84. The molecule has 146 valence electrons. The first kappa shape index (κ1) is 17.6. The molecule has 4 aromatic rings. The van der Waals surface area contributed by atoms with Crippen molar-refractivity contribution in [3.8, 4) is 5.69 Å². The number of para-hydroxylation sites is 1. The molecule has 2 unspecified atom stereocenters. The van der Waals surface area contributed by atoms with Gasteiger partial charge in [-0.15, -0.1) is 0 Å². The molecule has 0 radical (unpaired) electrons. The molecule has 7 heteroatoms. The Balaban J connectivity index is 1.40. The van der Waals surface area contributed by atoms with Crippen LogP contribution < -0.4 is 10.9 Å². The number of H-pyrrole nitrogens is 1. The summed E-state index contributed by atoms with van der Waals surface area (Å²) < 4.78 is 7.63. The van der Waals surface area contributed by atoms with Crippen LogP contribution in [0.25, 0.3) is 16.7 Å². The first-order chi connectivity index (χ1) is 14.3. The van der Waals surface area contributed by atoms with Gasteiger partial charge in [0.25, 0.3) is 5.56 Å². The first-order valence-corrected chi connectivity index (χ1v) is 9.73. The fourth-order valence-electron chi connectivity index (χ4n) is 3.84. The number of fused-ring (bicyclic) bond motifs is 1. The lowest BCUT2D eigenvalue weighted by molar-refractivity contribution is 0.0933. The Kier molecular flexibility index (Phi) is 4.57. The van der Waals surface area contributed by atoms with E-state index in [0.29, 0.717) is 29.4 Å². The molecular formula is C22H21N5O2. The third kappa shape index (κ3) is 3.40. The Morgan fingerprint density at radius 2 is 1.86 bits per heavy atom. The largest absolute Gasteiger partial charge is 0.373 e. The average molecular weight is 387 g/mol. The normalized spacial score (nSPS) is 18.9. The number of nitrogens with one attached hydrogen (secondary N) is 2. The first-order valence-electron chi connectivity index (χ1n) is 9.73. The van der Waals surface area contributed by atoms with Crippen LogP contribution in [0.4, 0.5) is 5.95 Å². The number of hydrogen-bond acceptors (Lipinski definition) is 5. The van der Waals surface area contributed by atoms with E-state index in [1.165, 1.54) is 5.56 Å². The van der Waals surface area contributed by atoms with Crippen molar-refractivity contribution in [2.24, 2.45) is 5.92 Å². The van der Waals surface area contributed by atoms with Crippen molar-refractivity contribution in [3.63, 3.8) is 0 Å². The molecule has 0 saturated carbocycles. The highest BCUT2D eigenvalue weighted by Crippen LogP contribution is 2.34. The summed E-state index contributed by atoms with van der Waals surface area (Å²) >= 11 is 0. The predicted octanol–water partition coefficient (Wildman–Crippen LogP) is 3.30. The van der Waals surface area contributed by atoms with Gasteiger partial charge in [0.05, 0.1) is 18.0 Å². The van der Waals surface area contributed by atoms with Crippen molar-refractivity contribution < 1.29 is 4.74 Å². The zero-order valence-electron chi connectivity index (χ0n) is 15.8. The van der Waals surface area contributed by atoms with Gasteiger partial charge in [-0.05, 0) is 24.1 Å². The Morgan fingerprint density at radius 3 is 2.66 bits per heavy atom. The predicted molar refractivity (Wildman–Crippen MR) is 111 cm³/mol. The van der Waals surface area contributed by atoms with Gasteiger partial charge in [-0.1, -0.05) is 48.5 Å². The maximum Gasteiger partial charge on any atom is 0.263 e. The maximum absolute atomic E-state index is 12.5. The van der Waals surface area contributed by atoms with Crippen LogP contribution in [0.3, 0.4) is 0 Å². The molecule has 5 rings (SSSR count). The van der Waals surface area contributed by atoms with Crippen molar-refractivity contribution >= 4 is 17.0 Å². The quantitative estimate of drug-likeness (QED) is 0.549. The standard InChI is InChI=1S/C22H21N5O2/c28-21-18-14-24-27(17-9-5-2-6-10-17)20(18)25-22(26-21)23-13-16-11-12-29-19(16)15-7-3-1-4-8-15/h1-10,14,16,19H,11-13H2,(H2,23,25,26,28). The number of rotatable bonds is 5. The van der Waals surface area contributed by atoms with Gasteiger partial charge >= 0.3 is 0 Å². The second-order valence-electron chi connectivity index (χ2n) is 7.18. The minimum absolute atomic E-state index is 0.0500. The van der Waals surface area contributed by atoms with E-state index in [0.717, 1.165) is 18.7 Å². The van der Waals surface area contributed by atoms with Crippen LogP contribution >= 0.6 is 0 Å². The number of benzene rings is 2. The van der Waals surface area contributed by atoms with Gasteiger partial charge in [-0.3, -0.25) is 9.78 Å². The number of nitrogens with zero attached hydrogens (tertiary/aromatic N) is 3. The molecule has 2 N–H and O–H groups in total. The summed E-state index contributed by atoms with van der Waals surface area (Å²) in [6.45, 7) is 1.39. The molecule has 1 fully saturated rings. The molecule has 1 aliphatic heterocycles. The van der Waals surface area contributed by atoms with Crippen LogP contribution in [0.15, 0.2) is 71.7 Å².